The van der Waals surface area contributed by atoms with Crippen LogP contribution in [0, 0.1) is 0 Å². The van der Waals surface area contributed by atoms with Crippen molar-refractivity contribution in [1.82, 2.24) is 19.7 Å². The van der Waals surface area contributed by atoms with Gasteiger partial charge in [0.05, 0.1) is 0 Å². The molecule has 1 N–H and O–H groups in total. The Bertz CT molecular complexity index is 414. The molecule has 1 atom stereocenters. The molecule has 0 saturated carbocycles. The predicted octanol–water partition coefficient (Wildman–Crippen LogP) is 1.07. The van der Waals surface area contributed by atoms with Crippen molar-refractivity contribution in [2.24, 2.45) is 7.05 Å². The highest BCUT2D eigenvalue weighted by Gasteiger charge is 2.18. The lowest BCUT2D eigenvalue weighted by Gasteiger charge is -2.32. The van der Waals surface area contributed by atoms with Gasteiger partial charge in [-0.3, -0.25) is 4.57 Å². The van der Waals surface area contributed by atoms with E-state index in [1.165, 1.54) is 32.2 Å². The van der Waals surface area contributed by atoms with Gasteiger partial charge in [-0.2, -0.15) is 0 Å². The number of rotatable bonds is 4. The summed E-state index contributed by atoms with van der Waals surface area (Å²) in [6.45, 7) is 1.22. The summed E-state index contributed by atoms with van der Waals surface area (Å²) in [5.74, 6) is 1.02. The molecule has 0 spiro atoms. The standard InChI is InChI=1S/C11H20N4OS/c1-14-7-4-3-5-9(14)6-8-17-11-13-12-10(16)15(11)2/h9H,3-8H2,1-2H3,(H,12,16)/t9-/m1/s1. The van der Waals surface area contributed by atoms with E-state index in [0.29, 0.717) is 6.04 Å². The first-order chi connectivity index (χ1) is 8.18. The summed E-state index contributed by atoms with van der Waals surface area (Å²) in [5, 5.41) is 7.24. The number of likely N-dealkylation sites (tertiary alicyclic amines) is 1. The first-order valence-corrected chi connectivity index (χ1v) is 7.11. The third-order valence-electron chi connectivity index (χ3n) is 3.44. The summed E-state index contributed by atoms with van der Waals surface area (Å²) < 4.78 is 1.56. The van der Waals surface area contributed by atoms with Crippen molar-refractivity contribution in [2.75, 3.05) is 19.3 Å². The average Bonchev–Trinajstić information content (AvgIpc) is 2.63. The lowest BCUT2D eigenvalue weighted by atomic mass is 10.0. The second-order valence-corrected chi connectivity index (χ2v) is 5.70. The van der Waals surface area contributed by atoms with Crippen LogP contribution in [0.2, 0.25) is 0 Å². The fourth-order valence-electron chi connectivity index (χ4n) is 2.26. The van der Waals surface area contributed by atoms with E-state index in [1.807, 2.05) is 0 Å². The minimum atomic E-state index is -0.137. The van der Waals surface area contributed by atoms with Crippen LogP contribution in [0.1, 0.15) is 25.7 Å². The summed E-state index contributed by atoms with van der Waals surface area (Å²) in [7, 11) is 3.96. The Morgan fingerprint density at radius 1 is 1.47 bits per heavy atom. The zero-order valence-corrected chi connectivity index (χ0v) is 11.3. The largest absolute Gasteiger partial charge is 0.343 e. The van der Waals surface area contributed by atoms with Crippen LogP contribution < -0.4 is 5.69 Å². The monoisotopic (exact) mass is 256 g/mol. The van der Waals surface area contributed by atoms with Crippen LogP contribution in [0.25, 0.3) is 0 Å². The van der Waals surface area contributed by atoms with Crippen LogP contribution in [-0.2, 0) is 7.05 Å². The van der Waals surface area contributed by atoms with Gasteiger partial charge in [-0.1, -0.05) is 18.2 Å². The molecule has 0 aliphatic carbocycles. The van der Waals surface area contributed by atoms with E-state index >= 15 is 0 Å². The van der Waals surface area contributed by atoms with Crippen molar-refractivity contribution in [1.29, 1.82) is 0 Å². The summed E-state index contributed by atoms with van der Waals surface area (Å²) in [5.41, 5.74) is -0.137. The maximum atomic E-state index is 11.2. The second-order valence-electron chi connectivity index (χ2n) is 4.64. The summed E-state index contributed by atoms with van der Waals surface area (Å²) in [6, 6.07) is 0.701. The highest BCUT2D eigenvalue weighted by molar-refractivity contribution is 7.99. The van der Waals surface area contributed by atoms with Gasteiger partial charge < -0.3 is 4.90 Å². The van der Waals surface area contributed by atoms with Crippen molar-refractivity contribution in [3.63, 3.8) is 0 Å². The molecule has 1 saturated heterocycles. The Hall–Kier alpha value is -0.750. The number of H-pyrrole nitrogens is 1. The van der Waals surface area contributed by atoms with Gasteiger partial charge in [-0.05, 0) is 32.9 Å². The van der Waals surface area contributed by atoms with Gasteiger partial charge in [0.15, 0.2) is 5.16 Å². The van der Waals surface area contributed by atoms with Gasteiger partial charge >= 0.3 is 5.69 Å². The molecule has 0 aromatic carbocycles. The quantitative estimate of drug-likeness (QED) is 0.819. The SMILES string of the molecule is CN1CCCC[C@@H]1CCSc1n[nH]c(=O)n1C. The van der Waals surface area contributed by atoms with E-state index < -0.39 is 0 Å². The lowest BCUT2D eigenvalue weighted by Crippen LogP contribution is -2.36. The van der Waals surface area contributed by atoms with Crippen LogP contribution in [-0.4, -0.2) is 45.1 Å². The minimum absolute atomic E-state index is 0.137. The summed E-state index contributed by atoms with van der Waals surface area (Å²) >= 11 is 1.66. The van der Waals surface area contributed by atoms with Crippen LogP contribution in [0.4, 0.5) is 0 Å². The smallest absolute Gasteiger partial charge is 0.303 e. The topological polar surface area (TPSA) is 53.9 Å². The van der Waals surface area contributed by atoms with Gasteiger partial charge in [0.25, 0.3) is 0 Å². The number of aromatic nitrogens is 3. The molecule has 1 fully saturated rings. The number of aromatic amines is 1. The highest BCUT2D eigenvalue weighted by Crippen LogP contribution is 2.21. The molecule has 2 rings (SSSR count). The first-order valence-electron chi connectivity index (χ1n) is 6.13. The maximum Gasteiger partial charge on any atom is 0.343 e. The molecule has 96 valence electrons. The Morgan fingerprint density at radius 3 is 2.94 bits per heavy atom. The van der Waals surface area contributed by atoms with E-state index in [2.05, 4.69) is 22.1 Å². The molecular weight excluding hydrogens is 236 g/mol. The maximum absolute atomic E-state index is 11.2. The fraction of sp³-hybridized carbons (Fsp3) is 0.818. The third-order valence-corrected chi connectivity index (χ3v) is 4.51. The van der Waals surface area contributed by atoms with Crippen molar-refractivity contribution >= 4 is 11.8 Å². The van der Waals surface area contributed by atoms with Crippen molar-refractivity contribution in [3.05, 3.63) is 10.5 Å². The molecule has 1 aliphatic rings. The van der Waals surface area contributed by atoms with Crippen LogP contribution in [0.5, 0.6) is 0 Å². The van der Waals surface area contributed by atoms with Gasteiger partial charge in [-0.25, -0.2) is 9.89 Å². The van der Waals surface area contributed by atoms with E-state index in [9.17, 15) is 4.79 Å². The van der Waals surface area contributed by atoms with Gasteiger partial charge in [-0.15, -0.1) is 5.10 Å². The normalized spacial score (nSPS) is 21.9. The molecule has 17 heavy (non-hydrogen) atoms. The Morgan fingerprint density at radius 2 is 2.29 bits per heavy atom. The van der Waals surface area contributed by atoms with Crippen molar-refractivity contribution < 1.29 is 0 Å². The number of nitrogens with zero attached hydrogens (tertiary/aromatic N) is 3. The second kappa shape index (κ2) is 5.73. The number of nitrogens with one attached hydrogen (secondary N) is 1. The number of piperidine rings is 1. The molecule has 1 aliphatic heterocycles. The molecule has 1 aromatic rings. The molecule has 0 radical (unpaired) electrons. The van der Waals surface area contributed by atoms with Gasteiger partial charge in [0.1, 0.15) is 0 Å². The Kier molecular flexibility index (Phi) is 4.28. The molecular formula is C11H20N4OS. The summed E-state index contributed by atoms with van der Waals surface area (Å²) in [4.78, 5) is 13.6. The zero-order chi connectivity index (χ0) is 12.3. The predicted molar refractivity (Wildman–Crippen MR) is 69.4 cm³/mol. The summed E-state index contributed by atoms with van der Waals surface area (Å²) in [6.07, 6.45) is 5.15. The average molecular weight is 256 g/mol. The van der Waals surface area contributed by atoms with E-state index in [0.717, 1.165) is 10.9 Å². The molecule has 0 unspecified atom stereocenters. The molecule has 0 amide bonds. The molecule has 5 nitrogen and oxygen atoms in total. The van der Waals surface area contributed by atoms with Crippen LogP contribution >= 0.6 is 11.8 Å². The van der Waals surface area contributed by atoms with E-state index in [-0.39, 0.29) is 5.69 Å². The Balaban J connectivity index is 1.79. The van der Waals surface area contributed by atoms with Crippen LogP contribution in [0.15, 0.2) is 9.95 Å². The van der Waals surface area contributed by atoms with Gasteiger partial charge in [0, 0.05) is 18.8 Å². The number of hydrogen-bond acceptors (Lipinski definition) is 4. The number of hydrogen-bond donors (Lipinski definition) is 1. The van der Waals surface area contributed by atoms with Crippen molar-refractivity contribution in [3.8, 4) is 0 Å². The van der Waals surface area contributed by atoms with E-state index in [1.54, 1.807) is 23.4 Å². The molecule has 0 bridgehead atoms. The third kappa shape index (κ3) is 3.13. The molecule has 6 heteroatoms. The number of thioether (sulfide) groups is 1. The van der Waals surface area contributed by atoms with Crippen molar-refractivity contribution in [2.45, 2.75) is 36.9 Å². The lowest BCUT2D eigenvalue weighted by molar-refractivity contribution is 0.182. The highest BCUT2D eigenvalue weighted by atomic mass is 32.2. The van der Waals surface area contributed by atoms with E-state index in [4.69, 9.17) is 0 Å². The van der Waals surface area contributed by atoms with Crippen LogP contribution in [0.3, 0.4) is 0 Å². The zero-order valence-electron chi connectivity index (χ0n) is 10.5. The molecule has 1 aromatic heterocycles. The first kappa shape index (κ1) is 12.7. The molecule has 2 heterocycles. The Labute approximate surface area is 106 Å². The van der Waals surface area contributed by atoms with Gasteiger partial charge in [0.2, 0.25) is 0 Å². The minimum Gasteiger partial charge on any atom is -0.303 e. The fourth-order valence-corrected chi connectivity index (χ4v) is 3.22.